The molecule has 0 saturated carbocycles. The minimum Gasteiger partial charge on any atom is -0.481 e. The number of aliphatic carboxylic acids is 1. The number of hydrogen-bond acceptors (Lipinski definition) is 9. The number of carbonyl (C=O) groups excluding carboxylic acids is 7. The van der Waals surface area contributed by atoms with Crippen molar-refractivity contribution in [3.05, 3.63) is 72.1 Å². The largest absolute Gasteiger partial charge is 0.481 e. The van der Waals surface area contributed by atoms with Gasteiger partial charge in [0.2, 0.25) is 35.4 Å². The number of benzene rings is 2. The van der Waals surface area contributed by atoms with Crippen molar-refractivity contribution in [1.29, 1.82) is 0 Å². The molecule has 1 saturated heterocycles. The molecule has 6 amide bonds. The molecule has 356 valence electrons. The van der Waals surface area contributed by atoms with Gasteiger partial charge >= 0.3 is 5.97 Å². The Labute approximate surface area is 384 Å². The number of rotatable bonds is 23. The zero-order valence-electron chi connectivity index (χ0n) is 38.8. The highest BCUT2D eigenvalue weighted by Gasteiger charge is 2.40. The second-order valence-corrected chi connectivity index (χ2v) is 17.8. The summed E-state index contributed by atoms with van der Waals surface area (Å²) in [5.74, 6) is -6.67. The minimum atomic E-state index is -1.64. The van der Waals surface area contributed by atoms with E-state index in [1.165, 1.54) is 0 Å². The van der Waals surface area contributed by atoms with Gasteiger partial charge in [0.15, 0.2) is 5.78 Å². The molecule has 0 spiro atoms. The molecule has 3 unspecified atom stereocenters. The number of carboxylic acid groups (broad SMARTS) is 1. The molecule has 66 heavy (non-hydrogen) atoms. The summed E-state index contributed by atoms with van der Waals surface area (Å²) in [7, 11) is 1.62. The van der Waals surface area contributed by atoms with Crippen LogP contribution < -0.4 is 31.9 Å². The third-order valence-electron chi connectivity index (χ3n) is 12.4. The third-order valence-corrected chi connectivity index (χ3v) is 12.4. The van der Waals surface area contributed by atoms with Crippen LogP contribution in [0.15, 0.2) is 60.9 Å². The average molecular weight is 912 g/mol. The van der Waals surface area contributed by atoms with Gasteiger partial charge in [0.05, 0.1) is 25.0 Å². The van der Waals surface area contributed by atoms with Gasteiger partial charge in [0, 0.05) is 53.1 Å². The fourth-order valence-corrected chi connectivity index (χ4v) is 8.35. The summed E-state index contributed by atoms with van der Waals surface area (Å²) < 4.78 is 0. The molecule has 1 aliphatic rings. The quantitative estimate of drug-likeness (QED) is 0.0525. The van der Waals surface area contributed by atoms with Crippen molar-refractivity contribution in [1.82, 2.24) is 46.8 Å². The van der Waals surface area contributed by atoms with Gasteiger partial charge in [0.25, 0.3) is 0 Å². The van der Waals surface area contributed by atoms with Crippen LogP contribution in [0, 0.1) is 17.8 Å². The van der Waals surface area contributed by atoms with E-state index in [4.69, 9.17) is 0 Å². The van der Waals surface area contributed by atoms with Crippen LogP contribution in [0.25, 0.3) is 21.8 Å². The molecule has 2 aromatic heterocycles. The summed E-state index contributed by atoms with van der Waals surface area (Å²) in [5.41, 5.74) is 3.28. The first kappa shape index (κ1) is 50.4. The van der Waals surface area contributed by atoms with Crippen molar-refractivity contribution in [2.24, 2.45) is 17.8 Å². The number of nitrogens with one attached hydrogen (secondary N) is 8. The molecule has 0 aliphatic carbocycles. The van der Waals surface area contributed by atoms with Gasteiger partial charge in [-0.05, 0) is 67.8 Å². The lowest BCUT2D eigenvalue weighted by atomic mass is 9.95. The predicted molar refractivity (Wildman–Crippen MR) is 249 cm³/mol. The number of hydrogen-bond donors (Lipinski definition) is 9. The van der Waals surface area contributed by atoms with E-state index in [1.54, 1.807) is 45.8 Å². The number of aromatic nitrogens is 2. The molecule has 9 N–H and O–H groups in total. The summed E-state index contributed by atoms with van der Waals surface area (Å²) in [6, 6.07) is 8.64. The van der Waals surface area contributed by atoms with Crippen molar-refractivity contribution in [3.8, 4) is 0 Å². The summed E-state index contributed by atoms with van der Waals surface area (Å²) in [6.45, 7) is 10.4. The van der Waals surface area contributed by atoms with E-state index in [9.17, 15) is 43.5 Å². The molecule has 0 bridgehead atoms. The summed E-state index contributed by atoms with van der Waals surface area (Å²) in [5, 5.41) is 27.6. The predicted octanol–water partition coefficient (Wildman–Crippen LogP) is 2.47. The number of likely N-dealkylation sites (tertiary alicyclic amines) is 1. The lowest BCUT2D eigenvalue weighted by molar-refractivity contribution is -0.143. The number of Topliss-reactive ketones (excluding diaryl/α,β-unsaturated/α-hetero) is 1. The lowest BCUT2D eigenvalue weighted by Gasteiger charge is -2.32. The van der Waals surface area contributed by atoms with Crippen LogP contribution in [0.5, 0.6) is 0 Å². The van der Waals surface area contributed by atoms with E-state index in [-0.39, 0.29) is 29.9 Å². The Bertz CT molecular complexity index is 2390. The smallest absolute Gasteiger partial charge is 0.305 e. The summed E-state index contributed by atoms with van der Waals surface area (Å²) in [6.07, 6.45) is 4.80. The lowest BCUT2D eigenvalue weighted by Crippen LogP contribution is -2.59. The van der Waals surface area contributed by atoms with Crippen LogP contribution in [-0.4, -0.2) is 124 Å². The van der Waals surface area contributed by atoms with Crippen LogP contribution in [0.4, 0.5) is 0 Å². The van der Waals surface area contributed by atoms with E-state index >= 15 is 0 Å². The van der Waals surface area contributed by atoms with Crippen LogP contribution in [0.3, 0.4) is 0 Å². The molecule has 1 aliphatic heterocycles. The van der Waals surface area contributed by atoms with Crippen molar-refractivity contribution in [2.45, 2.75) is 116 Å². The van der Waals surface area contributed by atoms with Gasteiger partial charge in [-0.2, -0.15) is 0 Å². The van der Waals surface area contributed by atoms with Gasteiger partial charge in [-0.25, -0.2) is 0 Å². The van der Waals surface area contributed by atoms with Crippen molar-refractivity contribution in [3.63, 3.8) is 0 Å². The van der Waals surface area contributed by atoms with Crippen LogP contribution in [-0.2, 0) is 51.2 Å². The zero-order chi connectivity index (χ0) is 48.2. The fourth-order valence-electron chi connectivity index (χ4n) is 8.35. The minimum absolute atomic E-state index is 0.0103. The van der Waals surface area contributed by atoms with Crippen molar-refractivity contribution < 1.29 is 43.5 Å². The molecule has 0 radical (unpaired) electrons. The Hall–Kier alpha value is -6.56. The zero-order valence-corrected chi connectivity index (χ0v) is 38.8. The molecule has 2 aromatic carbocycles. The number of H-pyrrole nitrogens is 2. The Morgan fingerprint density at radius 1 is 0.697 bits per heavy atom. The van der Waals surface area contributed by atoms with E-state index in [0.717, 1.165) is 27.4 Å². The second-order valence-electron chi connectivity index (χ2n) is 17.8. The molecule has 4 aromatic rings. The highest BCUT2D eigenvalue weighted by Crippen LogP contribution is 2.25. The van der Waals surface area contributed by atoms with Gasteiger partial charge in [-0.15, -0.1) is 0 Å². The van der Waals surface area contributed by atoms with Crippen LogP contribution >= 0.6 is 0 Å². The molecular weight excluding hydrogens is 847 g/mol. The number of amides is 6. The number of para-hydroxylation sites is 2. The van der Waals surface area contributed by atoms with Gasteiger partial charge in [-0.3, -0.25) is 38.4 Å². The maximum Gasteiger partial charge on any atom is 0.305 e. The number of carbonyl (C=O) groups is 8. The fraction of sp³-hybridized carbons (Fsp3) is 0.500. The maximum atomic E-state index is 14.2. The first-order chi connectivity index (χ1) is 31.4. The first-order valence-corrected chi connectivity index (χ1v) is 22.7. The monoisotopic (exact) mass is 911 g/mol. The number of aromatic amines is 2. The first-order valence-electron chi connectivity index (χ1n) is 22.7. The normalized spacial score (nSPS) is 16.6. The van der Waals surface area contributed by atoms with Crippen LogP contribution in [0.2, 0.25) is 0 Å². The standard InChI is InChI=1S/C48H65N9O9/c1-8-28(6)43(61)38-18-13-19-57(38)48(66)42(27(4)5)56-46(64)36(21-30-24-51-34-17-12-10-15-32(30)34)53-39(58)25-52-44(62)37(22-40(59)60)54-47(65)41(26(2)3)55-45(63)35(49-7)20-29-23-50-33-16-11-9-14-31(29)33/h9-12,14-17,23-24,26-28,35-38,41-42,49-51H,8,13,18-22,25H2,1-7H3,(H,52,62)(H,53,58)(H,54,65)(H,55,63)(H,56,64)(H,59,60)/t28?,35-,36-,37-,38-,41?,42?/m0/s1. The van der Waals surface area contributed by atoms with Crippen LogP contribution in [0.1, 0.15) is 78.4 Å². The van der Waals surface area contributed by atoms with E-state index in [1.807, 2.05) is 68.6 Å². The molecule has 5 rings (SSSR count). The highest BCUT2D eigenvalue weighted by atomic mass is 16.4. The molecule has 18 nitrogen and oxygen atoms in total. The number of likely N-dealkylation sites (N-methyl/N-ethyl adjacent to an activating group) is 1. The SMILES string of the molecule is CCC(C)C(=O)[C@@H]1CCCN1C(=O)C(NC(=O)[C@H](Cc1c[nH]c2ccccc12)NC(=O)CNC(=O)[C@H](CC(=O)O)NC(=O)C(NC(=O)[C@H](Cc1c[nH]c2ccccc12)NC)C(C)C)C(C)C. The molecular formula is C48H65N9O9. The van der Waals surface area contributed by atoms with Gasteiger partial charge in [0.1, 0.15) is 24.2 Å². The summed E-state index contributed by atoms with van der Waals surface area (Å²) >= 11 is 0. The van der Waals surface area contributed by atoms with E-state index in [0.29, 0.717) is 37.8 Å². The molecule has 1 fully saturated rings. The topological polar surface area (TPSA) is 264 Å². The van der Waals surface area contributed by atoms with Gasteiger partial charge < -0.3 is 51.9 Å². The number of carboxylic acids is 1. The average Bonchev–Trinajstić information content (AvgIpc) is 4.06. The Morgan fingerprint density at radius 3 is 1.79 bits per heavy atom. The van der Waals surface area contributed by atoms with Gasteiger partial charge in [-0.1, -0.05) is 77.9 Å². The Kier molecular flexibility index (Phi) is 17.6. The third kappa shape index (κ3) is 12.6. The van der Waals surface area contributed by atoms with E-state index in [2.05, 4.69) is 41.9 Å². The van der Waals surface area contributed by atoms with Crippen molar-refractivity contribution >= 4 is 69.0 Å². The Morgan fingerprint density at radius 2 is 1.24 bits per heavy atom. The number of nitrogens with zero attached hydrogens (tertiary/aromatic N) is 1. The maximum absolute atomic E-state index is 14.2. The molecule has 18 heteroatoms. The van der Waals surface area contributed by atoms with E-state index < -0.39 is 90.6 Å². The molecule has 7 atom stereocenters. The Balaban J connectivity index is 1.26. The second kappa shape index (κ2) is 23.1. The highest BCUT2D eigenvalue weighted by molar-refractivity contribution is 5.98. The number of ketones is 1. The van der Waals surface area contributed by atoms with Crippen molar-refractivity contribution in [2.75, 3.05) is 20.1 Å². The summed E-state index contributed by atoms with van der Waals surface area (Å²) in [4.78, 5) is 116. The number of fused-ring (bicyclic) bond motifs is 2. The molecule has 3 heterocycles.